The van der Waals surface area contributed by atoms with E-state index in [-0.39, 0.29) is 0 Å². The van der Waals surface area contributed by atoms with Crippen molar-refractivity contribution in [1.29, 1.82) is 0 Å². The maximum Gasteiger partial charge on any atom is 0.0165 e. The normalized spacial score (nSPS) is 10.9. The van der Waals surface area contributed by atoms with E-state index < -0.39 is 0 Å². The number of rotatable bonds is 9. The van der Waals surface area contributed by atoms with E-state index in [1.165, 1.54) is 61.4 Å². The molecule has 108 valence electrons. The van der Waals surface area contributed by atoms with E-state index in [2.05, 4.69) is 55.5 Å². The zero-order valence-corrected chi connectivity index (χ0v) is 15.1. The van der Waals surface area contributed by atoms with Crippen molar-refractivity contribution in [1.82, 2.24) is 0 Å². The van der Waals surface area contributed by atoms with Crippen molar-refractivity contribution < 1.29 is 0 Å². The van der Waals surface area contributed by atoms with Crippen LogP contribution < -0.4 is 0 Å². The molecule has 0 atom stereocenters. The molecule has 0 amide bonds. The van der Waals surface area contributed by atoms with Crippen LogP contribution in [0.1, 0.15) is 76.0 Å². The molecule has 1 aromatic rings. The fraction of sp³-hybridized carbons (Fsp3) is 0.667. The van der Waals surface area contributed by atoms with Gasteiger partial charge in [-0.1, -0.05) is 46.1 Å². The van der Waals surface area contributed by atoms with Gasteiger partial charge in [-0.3, -0.25) is 0 Å². The van der Waals surface area contributed by atoms with Gasteiger partial charge < -0.3 is 0 Å². The fourth-order valence-corrected chi connectivity index (χ4v) is 3.38. The second-order valence-corrected chi connectivity index (χ2v) is 6.64. The van der Waals surface area contributed by atoms with Crippen LogP contribution in [0.3, 0.4) is 0 Å². The lowest BCUT2D eigenvalue weighted by atomic mass is 9.91. The summed E-state index contributed by atoms with van der Waals surface area (Å²) in [5.41, 5.74) is 4.97. The van der Waals surface area contributed by atoms with E-state index in [0.29, 0.717) is 0 Å². The quantitative estimate of drug-likeness (QED) is 0.445. The first-order valence-corrected chi connectivity index (χ1v) is 9.11. The molecule has 0 unspecified atom stereocenters. The number of hydrogen-bond donors (Lipinski definition) is 0. The summed E-state index contributed by atoms with van der Waals surface area (Å²) in [5, 5.41) is 0. The summed E-state index contributed by atoms with van der Waals surface area (Å²) in [6.07, 6.45) is 11.7. The Hall–Kier alpha value is -0.0500. The molecule has 0 aliphatic heterocycles. The zero-order chi connectivity index (χ0) is 14.1. The lowest BCUT2D eigenvalue weighted by Crippen LogP contribution is -2.04. The van der Waals surface area contributed by atoms with Crippen molar-refractivity contribution in [2.75, 3.05) is 0 Å². The maximum atomic E-state index is 2.53. The molecular formula is C18H29I. The van der Waals surface area contributed by atoms with Crippen molar-refractivity contribution in [3.63, 3.8) is 0 Å². The molecule has 1 rings (SSSR count). The Morgan fingerprint density at radius 1 is 0.737 bits per heavy atom. The lowest BCUT2D eigenvalue weighted by Gasteiger charge is -2.17. The van der Waals surface area contributed by atoms with Crippen molar-refractivity contribution in [2.45, 2.75) is 78.6 Å². The molecule has 0 saturated heterocycles. The van der Waals surface area contributed by atoms with Crippen LogP contribution in [0.2, 0.25) is 0 Å². The maximum absolute atomic E-state index is 2.53. The number of benzene rings is 1. The smallest absolute Gasteiger partial charge is 0.0165 e. The second kappa shape index (κ2) is 9.79. The molecule has 0 nitrogen and oxygen atoms in total. The minimum atomic E-state index is 1.27. The van der Waals surface area contributed by atoms with Crippen LogP contribution in [-0.4, -0.2) is 0 Å². The van der Waals surface area contributed by atoms with Crippen LogP contribution in [0.4, 0.5) is 0 Å². The first kappa shape index (κ1) is 17.0. The van der Waals surface area contributed by atoms with E-state index in [1.54, 1.807) is 16.7 Å². The molecule has 0 aliphatic carbocycles. The average Bonchev–Trinajstić information content (AvgIpc) is 2.42. The highest BCUT2D eigenvalue weighted by Crippen LogP contribution is 2.26. The van der Waals surface area contributed by atoms with Crippen molar-refractivity contribution >= 4 is 22.6 Å². The van der Waals surface area contributed by atoms with Gasteiger partial charge >= 0.3 is 0 Å². The van der Waals surface area contributed by atoms with Gasteiger partial charge in [-0.05, 0) is 83.9 Å². The minimum absolute atomic E-state index is 1.27. The average molecular weight is 372 g/mol. The predicted molar refractivity (Wildman–Crippen MR) is 95.0 cm³/mol. The van der Waals surface area contributed by atoms with Gasteiger partial charge in [0.2, 0.25) is 0 Å². The number of aryl methyl sites for hydroxylation is 1. The Bertz CT molecular complexity index is 368. The molecular weight excluding hydrogens is 343 g/mol. The van der Waals surface area contributed by atoms with E-state index in [1.807, 2.05) is 0 Å². The number of unbranched alkanes of at least 4 members (excludes halogenated alkanes) is 3. The number of hydrogen-bond acceptors (Lipinski definition) is 0. The summed E-state index contributed by atoms with van der Waals surface area (Å²) in [6.45, 7) is 6.88. The van der Waals surface area contributed by atoms with Gasteiger partial charge in [-0.15, -0.1) is 0 Å². The summed E-state index contributed by atoms with van der Waals surface area (Å²) in [5.74, 6) is 0. The van der Waals surface area contributed by atoms with Gasteiger partial charge in [-0.2, -0.15) is 0 Å². The Balaban J connectivity index is 3.00. The molecule has 0 aliphatic rings. The molecule has 0 aromatic heterocycles. The molecule has 0 spiro atoms. The molecule has 19 heavy (non-hydrogen) atoms. The van der Waals surface area contributed by atoms with Gasteiger partial charge in [-0.25, -0.2) is 0 Å². The molecule has 0 radical (unpaired) electrons. The monoisotopic (exact) mass is 372 g/mol. The van der Waals surface area contributed by atoms with Gasteiger partial charge in [0.05, 0.1) is 0 Å². The zero-order valence-electron chi connectivity index (χ0n) is 12.9. The van der Waals surface area contributed by atoms with Crippen molar-refractivity contribution in [3.05, 3.63) is 32.4 Å². The summed E-state index contributed by atoms with van der Waals surface area (Å²) < 4.78 is 1.48. The van der Waals surface area contributed by atoms with Crippen LogP contribution >= 0.6 is 22.6 Å². The minimum Gasteiger partial charge on any atom is -0.0654 e. The van der Waals surface area contributed by atoms with Crippen LogP contribution in [0.25, 0.3) is 0 Å². The highest BCUT2D eigenvalue weighted by Gasteiger charge is 2.11. The molecule has 0 N–H and O–H groups in total. The Labute approximate surface area is 133 Å². The van der Waals surface area contributed by atoms with Gasteiger partial charge in [0.15, 0.2) is 0 Å². The standard InChI is InChI=1S/C18H29I/c1-4-7-10-15-13-14-18(19)17(12-9-6-3)16(15)11-8-5-2/h13-14H,4-12H2,1-3H3. The Morgan fingerprint density at radius 2 is 1.26 bits per heavy atom. The summed E-state index contributed by atoms with van der Waals surface area (Å²) in [6, 6.07) is 4.73. The van der Waals surface area contributed by atoms with Crippen LogP contribution in [0.15, 0.2) is 12.1 Å². The fourth-order valence-electron chi connectivity index (χ4n) is 2.60. The lowest BCUT2D eigenvalue weighted by molar-refractivity contribution is 0.733. The van der Waals surface area contributed by atoms with Gasteiger partial charge in [0.1, 0.15) is 0 Å². The van der Waals surface area contributed by atoms with Crippen molar-refractivity contribution in [3.8, 4) is 0 Å². The summed E-state index contributed by atoms with van der Waals surface area (Å²) in [4.78, 5) is 0. The Morgan fingerprint density at radius 3 is 1.84 bits per heavy atom. The van der Waals surface area contributed by atoms with E-state index in [9.17, 15) is 0 Å². The topological polar surface area (TPSA) is 0 Å². The highest BCUT2D eigenvalue weighted by atomic mass is 127. The van der Waals surface area contributed by atoms with Gasteiger partial charge in [0, 0.05) is 3.57 Å². The first-order valence-electron chi connectivity index (χ1n) is 8.03. The SMILES string of the molecule is CCCCc1ccc(I)c(CCCC)c1CCCC. The largest absolute Gasteiger partial charge is 0.0654 e. The first-order chi connectivity index (χ1) is 9.24. The second-order valence-electron chi connectivity index (χ2n) is 5.47. The molecule has 1 heteroatoms. The molecule has 0 saturated carbocycles. The van der Waals surface area contributed by atoms with E-state index in [0.717, 1.165) is 0 Å². The summed E-state index contributed by atoms with van der Waals surface area (Å²) >= 11 is 2.53. The third-order valence-electron chi connectivity index (χ3n) is 3.83. The van der Waals surface area contributed by atoms with E-state index >= 15 is 0 Å². The molecule has 0 heterocycles. The van der Waals surface area contributed by atoms with Crippen molar-refractivity contribution in [2.24, 2.45) is 0 Å². The van der Waals surface area contributed by atoms with Crippen LogP contribution in [0.5, 0.6) is 0 Å². The number of halogens is 1. The third-order valence-corrected chi connectivity index (χ3v) is 4.84. The van der Waals surface area contributed by atoms with Crippen LogP contribution in [-0.2, 0) is 19.3 Å². The predicted octanol–water partition coefficient (Wildman–Crippen LogP) is 6.32. The molecule has 1 aromatic carbocycles. The highest BCUT2D eigenvalue weighted by molar-refractivity contribution is 14.1. The van der Waals surface area contributed by atoms with Gasteiger partial charge in [0.25, 0.3) is 0 Å². The molecule has 0 bridgehead atoms. The molecule has 0 fully saturated rings. The third kappa shape index (κ3) is 5.45. The van der Waals surface area contributed by atoms with Crippen LogP contribution in [0, 0.1) is 3.57 Å². The van der Waals surface area contributed by atoms with E-state index in [4.69, 9.17) is 0 Å². The Kier molecular flexibility index (Phi) is 8.76. The summed E-state index contributed by atoms with van der Waals surface area (Å²) in [7, 11) is 0.